The van der Waals surface area contributed by atoms with Crippen LogP contribution in [-0.2, 0) is 0 Å². The largest absolute Gasteiger partial charge is 0.323 e. The van der Waals surface area contributed by atoms with Crippen LogP contribution in [0.3, 0.4) is 0 Å². The summed E-state index contributed by atoms with van der Waals surface area (Å²) in [6, 6.07) is 6.40. The lowest BCUT2D eigenvalue weighted by Gasteiger charge is -2.12. The molecular weight excluding hydrogens is 166 g/mol. The van der Waals surface area contributed by atoms with Gasteiger partial charge in [-0.3, -0.25) is 0 Å². The van der Waals surface area contributed by atoms with Crippen LogP contribution in [0, 0.1) is 13.8 Å². The molecule has 0 saturated heterocycles. The van der Waals surface area contributed by atoms with Gasteiger partial charge in [-0.25, -0.2) is 0 Å². The highest BCUT2D eigenvalue weighted by atomic mass is 32.1. The van der Waals surface area contributed by atoms with E-state index in [0.717, 1.165) is 0 Å². The fraction of sp³-hybridized carbons (Fsp3) is 0.400. The van der Waals surface area contributed by atoms with Gasteiger partial charge < -0.3 is 5.73 Å². The SMILES string of the molecule is Cc1ccc(C)c(C(N)CS)c1. The minimum absolute atomic E-state index is 0.0632. The number of benzene rings is 1. The predicted molar refractivity (Wildman–Crippen MR) is 56.7 cm³/mol. The summed E-state index contributed by atoms with van der Waals surface area (Å²) in [7, 11) is 0. The second-order valence-corrected chi connectivity index (χ2v) is 3.51. The van der Waals surface area contributed by atoms with Crippen molar-refractivity contribution in [2.75, 3.05) is 5.75 Å². The minimum atomic E-state index is 0.0632. The van der Waals surface area contributed by atoms with Gasteiger partial charge in [-0.2, -0.15) is 12.6 Å². The third-order valence-electron chi connectivity index (χ3n) is 2.03. The van der Waals surface area contributed by atoms with E-state index >= 15 is 0 Å². The Balaban J connectivity index is 3.04. The first kappa shape index (κ1) is 9.62. The molecule has 0 fully saturated rings. The molecule has 1 unspecified atom stereocenters. The maximum Gasteiger partial charge on any atom is 0.0387 e. The summed E-state index contributed by atoms with van der Waals surface area (Å²) in [5.74, 6) is 0.699. The Morgan fingerprint density at radius 1 is 1.42 bits per heavy atom. The fourth-order valence-corrected chi connectivity index (χ4v) is 1.45. The van der Waals surface area contributed by atoms with Gasteiger partial charge in [-0.05, 0) is 25.0 Å². The van der Waals surface area contributed by atoms with Gasteiger partial charge in [0.05, 0.1) is 0 Å². The van der Waals surface area contributed by atoms with Crippen molar-refractivity contribution >= 4 is 12.6 Å². The first-order valence-electron chi connectivity index (χ1n) is 4.08. The van der Waals surface area contributed by atoms with Gasteiger partial charge in [0.1, 0.15) is 0 Å². The Labute approximate surface area is 79.4 Å². The van der Waals surface area contributed by atoms with Crippen LogP contribution in [0.4, 0.5) is 0 Å². The topological polar surface area (TPSA) is 26.0 Å². The van der Waals surface area contributed by atoms with Crippen molar-refractivity contribution in [3.05, 3.63) is 34.9 Å². The van der Waals surface area contributed by atoms with E-state index in [4.69, 9.17) is 5.73 Å². The first-order valence-corrected chi connectivity index (χ1v) is 4.72. The minimum Gasteiger partial charge on any atom is -0.323 e. The molecule has 0 aromatic heterocycles. The summed E-state index contributed by atoms with van der Waals surface area (Å²) in [5.41, 5.74) is 9.61. The lowest BCUT2D eigenvalue weighted by atomic mass is 10.0. The van der Waals surface area contributed by atoms with E-state index in [1.54, 1.807) is 0 Å². The van der Waals surface area contributed by atoms with Crippen molar-refractivity contribution in [3.63, 3.8) is 0 Å². The molecule has 2 heteroatoms. The molecule has 0 aliphatic heterocycles. The van der Waals surface area contributed by atoms with E-state index in [2.05, 4.69) is 44.7 Å². The third kappa shape index (κ3) is 2.02. The zero-order valence-corrected chi connectivity index (χ0v) is 8.44. The summed E-state index contributed by atoms with van der Waals surface area (Å²) in [4.78, 5) is 0. The Morgan fingerprint density at radius 2 is 2.08 bits per heavy atom. The average Bonchev–Trinajstić information content (AvgIpc) is 2.08. The Hall–Kier alpha value is -0.470. The van der Waals surface area contributed by atoms with Crippen LogP contribution < -0.4 is 5.73 Å². The van der Waals surface area contributed by atoms with Crippen LogP contribution in [0.25, 0.3) is 0 Å². The van der Waals surface area contributed by atoms with Gasteiger partial charge in [-0.15, -0.1) is 0 Å². The van der Waals surface area contributed by atoms with Crippen LogP contribution in [0.5, 0.6) is 0 Å². The summed E-state index contributed by atoms with van der Waals surface area (Å²) >= 11 is 4.18. The van der Waals surface area contributed by atoms with E-state index < -0.39 is 0 Å². The smallest absolute Gasteiger partial charge is 0.0387 e. The molecule has 0 bridgehead atoms. The molecule has 0 heterocycles. The number of rotatable bonds is 2. The third-order valence-corrected chi connectivity index (χ3v) is 2.42. The van der Waals surface area contributed by atoms with Crippen LogP contribution in [0.2, 0.25) is 0 Å². The van der Waals surface area contributed by atoms with Crippen LogP contribution in [-0.4, -0.2) is 5.75 Å². The molecule has 1 aromatic carbocycles. The maximum atomic E-state index is 5.89. The van der Waals surface area contributed by atoms with Gasteiger partial charge in [-0.1, -0.05) is 23.8 Å². The standard InChI is InChI=1S/C10H15NS/c1-7-3-4-8(2)9(5-7)10(11)6-12/h3-5,10,12H,6,11H2,1-2H3. The molecule has 1 nitrogen and oxygen atoms in total. The van der Waals surface area contributed by atoms with Gasteiger partial charge >= 0.3 is 0 Å². The molecule has 0 spiro atoms. The summed E-state index contributed by atoms with van der Waals surface area (Å²) in [6.45, 7) is 4.16. The van der Waals surface area contributed by atoms with Gasteiger partial charge in [0, 0.05) is 11.8 Å². The highest BCUT2D eigenvalue weighted by Gasteiger charge is 2.06. The van der Waals surface area contributed by atoms with E-state index in [1.165, 1.54) is 16.7 Å². The molecule has 2 N–H and O–H groups in total. The quantitative estimate of drug-likeness (QED) is 0.672. The summed E-state index contributed by atoms with van der Waals surface area (Å²) < 4.78 is 0. The number of thiol groups is 1. The van der Waals surface area contributed by atoms with Gasteiger partial charge in [0.25, 0.3) is 0 Å². The van der Waals surface area contributed by atoms with Crippen molar-refractivity contribution in [3.8, 4) is 0 Å². The number of hydrogen-bond acceptors (Lipinski definition) is 2. The second-order valence-electron chi connectivity index (χ2n) is 3.15. The number of nitrogens with two attached hydrogens (primary N) is 1. The predicted octanol–water partition coefficient (Wildman–Crippen LogP) is 2.23. The Kier molecular flexibility index (Phi) is 3.18. The van der Waals surface area contributed by atoms with Crippen LogP contribution in [0.15, 0.2) is 18.2 Å². The van der Waals surface area contributed by atoms with Gasteiger partial charge in [0.2, 0.25) is 0 Å². The molecule has 1 aromatic rings. The fourth-order valence-electron chi connectivity index (χ4n) is 1.26. The van der Waals surface area contributed by atoms with Crippen molar-refractivity contribution in [1.82, 2.24) is 0 Å². The number of hydrogen-bond donors (Lipinski definition) is 2. The van der Waals surface area contributed by atoms with Crippen LogP contribution >= 0.6 is 12.6 Å². The molecule has 1 atom stereocenters. The molecule has 12 heavy (non-hydrogen) atoms. The van der Waals surface area contributed by atoms with Crippen molar-refractivity contribution in [2.24, 2.45) is 5.73 Å². The molecule has 0 radical (unpaired) electrons. The Bertz CT molecular complexity index is 271. The Morgan fingerprint density at radius 3 is 2.67 bits per heavy atom. The second kappa shape index (κ2) is 3.97. The molecule has 0 aliphatic carbocycles. The zero-order chi connectivity index (χ0) is 9.14. The zero-order valence-electron chi connectivity index (χ0n) is 7.54. The summed E-state index contributed by atoms with van der Waals surface area (Å²) in [6.07, 6.45) is 0. The lowest BCUT2D eigenvalue weighted by molar-refractivity contribution is 0.824. The summed E-state index contributed by atoms with van der Waals surface area (Å²) in [5, 5.41) is 0. The average molecular weight is 181 g/mol. The highest BCUT2D eigenvalue weighted by Crippen LogP contribution is 2.17. The maximum absolute atomic E-state index is 5.89. The monoisotopic (exact) mass is 181 g/mol. The highest BCUT2D eigenvalue weighted by molar-refractivity contribution is 7.80. The van der Waals surface area contributed by atoms with Crippen molar-refractivity contribution < 1.29 is 0 Å². The van der Waals surface area contributed by atoms with Gasteiger partial charge in [0.15, 0.2) is 0 Å². The first-order chi connectivity index (χ1) is 5.65. The molecule has 0 aliphatic rings. The van der Waals surface area contributed by atoms with Crippen molar-refractivity contribution in [1.29, 1.82) is 0 Å². The molecule has 1 rings (SSSR count). The molecule has 0 amide bonds. The van der Waals surface area contributed by atoms with E-state index in [9.17, 15) is 0 Å². The van der Waals surface area contributed by atoms with E-state index in [-0.39, 0.29) is 6.04 Å². The normalized spacial score (nSPS) is 13.0. The van der Waals surface area contributed by atoms with E-state index in [1.807, 2.05) is 0 Å². The van der Waals surface area contributed by atoms with Crippen molar-refractivity contribution in [2.45, 2.75) is 19.9 Å². The lowest BCUT2D eigenvalue weighted by Crippen LogP contribution is -2.13. The van der Waals surface area contributed by atoms with Crippen LogP contribution in [0.1, 0.15) is 22.7 Å². The van der Waals surface area contributed by atoms with E-state index in [0.29, 0.717) is 5.75 Å². The number of aryl methyl sites for hydroxylation is 2. The molecular formula is C10H15NS. The molecule has 66 valence electrons. The molecule has 0 saturated carbocycles.